The van der Waals surface area contributed by atoms with E-state index >= 15 is 0 Å². The quantitative estimate of drug-likeness (QED) is 0.307. The van der Waals surface area contributed by atoms with Gasteiger partial charge < -0.3 is 15.4 Å². The number of hydrogen-bond donors (Lipinski definition) is 2. The Bertz CT molecular complexity index is 537. The Balaban J connectivity index is 0.00000625. The van der Waals surface area contributed by atoms with Crippen LogP contribution >= 0.6 is 24.0 Å². The summed E-state index contributed by atoms with van der Waals surface area (Å²) in [5, 5.41) is 6.46. The number of halogens is 4. The monoisotopic (exact) mass is 487 g/mol. The Kier molecular flexibility index (Phi) is 12.7. The van der Waals surface area contributed by atoms with Crippen molar-refractivity contribution in [2.75, 3.05) is 19.7 Å². The first-order valence-corrected chi connectivity index (χ1v) is 8.54. The van der Waals surface area contributed by atoms with E-state index in [2.05, 4.69) is 29.5 Å². The second-order valence-corrected chi connectivity index (χ2v) is 6.23. The molecule has 4 nitrogen and oxygen atoms in total. The molecule has 1 rings (SSSR count). The normalized spacial score (nSPS) is 12.0. The molecule has 0 radical (unpaired) electrons. The fraction of sp³-hybridized carbons (Fsp3) is 0.611. The number of aliphatic imine (C=N–C) groups is 1. The number of guanidine groups is 1. The lowest BCUT2D eigenvalue weighted by molar-refractivity contribution is -0.176. The van der Waals surface area contributed by atoms with Gasteiger partial charge in [-0.2, -0.15) is 13.2 Å². The zero-order valence-electron chi connectivity index (χ0n) is 15.5. The first kappa shape index (κ1) is 25.0. The highest BCUT2D eigenvalue weighted by atomic mass is 127. The maximum Gasteiger partial charge on any atom is 0.411 e. The van der Waals surface area contributed by atoms with Gasteiger partial charge >= 0.3 is 6.18 Å². The van der Waals surface area contributed by atoms with Crippen LogP contribution in [0.15, 0.2) is 29.3 Å². The van der Waals surface area contributed by atoms with E-state index in [0.29, 0.717) is 18.0 Å². The van der Waals surface area contributed by atoms with E-state index in [4.69, 9.17) is 4.74 Å². The molecule has 0 saturated heterocycles. The molecule has 0 atom stereocenters. The number of alkyl halides is 3. The predicted octanol–water partition coefficient (Wildman–Crippen LogP) is 4.48. The van der Waals surface area contributed by atoms with Crippen molar-refractivity contribution >= 4 is 29.9 Å². The van der Waals surface area contributed by atoms with Crippen LogP contribution < -0.4 is 10.6 Å². The zero-order chi connectivity index (χ0) is 18.7. The largest absolute Gasteiger partial charge is 0.411 e. The van der Waals surface area contributed by atoms with E-state index in [1.165, 1.54) is 0 Å². The van der Waals surface area contributed by atoms with Crippen LogP contribution in [0.2, 0.25) is 0 Å². The summed E-state index contributed by atoms with van der Waals surface area (Å²) in [6.07, 6.45) is -3.25. The standard InChI is InChI=1S/C18H28F3N3O.HI/c1-4-22-17(23-9-8-14(2)3)24-11-15-6-5-7-16(10-15)12-25-13-18(19,20)21;/h5-7,10,14H,4,8-9,11-13H2,1-3H3,(H2,22,23,24);1H. The Morgan fingerprint density at radius 1 is 1.19 bits per heavy atom. The van der Waals surface area contributed by atoms with Crippen LogP contribution in [-0.2, 0) is 17.9 Å². The van der Waals surface area contributed by atoms with E-state index < -0.39 is 12.8 Å². The second-order valence-electron chi connectivity index (χ2n) is 6.23. The maximum atomic E-state index is 12.1. The van der Waals surface area contributed by atoms with Gasteiger partial charge in [0.15, 0.2) is 5.96 Å². The number of rotatable bonds is 9. The molecule has 0 spiro atoms. The average molecular weight is 487 g/mol. The van der Waals surface area contributed by atoms with Crippen molar-refractivity contribution in [2.45, 2.75) is 46.5 Å². The Morgan fingerprint density at radius 3 is 2.50 bits per heavy atom. The average Bonchev–Trinajstić information content (AvgIpc) is 2.51. The SMILES string of the molecule is CCNC(=NCc1cccc(COCC(F)(F)F)c1)NCCC(C)C.I. The minimum atomic E-state index is -4.30. The van der Waals surface area contributed by atoms with Gasteiger partial charge in [-0.05, 0) is 30.4 Å². The molecule has 0 aliphatic heterocycles. The Labute approximate surface area is 171 Å². The van der Waals surface area contributed by atoms with Gasteiger partial charge in [-0.3, -0.25) is 0 Å². The molecule has 0 aliphatic rings. The van der Waals surface area contributed by atoms with Gasteiger partial charge in [0.25, 0.3) is 0 Å². The van der Waals surface area contributed by atoms with E-state index in [0.717, 1.165) is 31.0 Å². The summed E-state index contributed by atoms with van der Waals surface area (Å²) >= 11 is 0. The molecule has 1 aromatic rings. The lowest BCUT2D eigenvalue weighted by atomic mass is 10.1. The highest BCUT2D eigenvalue weighted by Gasteiger charge is 2.27. The molecule has 0 unspecified atom stereocenters. The molecular formula is C18H29F3IN3O. The molecule has 2 N–H and O–H groups in total. The fourth-order valence-electron chi connectivity index (χ4n) is 2.09. The van der Waals surface area contributed by atoms with Gasteiger partial charge in [0, 0.05) is 13.1 Å². The molecule has 0 fully saturated rings. The number of nitrogens with zero attached hydrogens (tertiary/aromatic N) is 1. The highest BCUT2D eigenvalue weighted by molar-refractivity contribution is 14.0. The number of ether oxygens (including phenoxy) is 1. The molecule has 0 heterocycles. The lowest BCUT2D eigenvalue weighted by Crippen LogP contribution is -2.38. The van der Waals surface area contributed by atoms with Crippen LogP contribution in [0.4, 0.5) is 13.2 Å². The van der Waals surface area contributed by atoms with Crippen LogP contribution in [0.3, 0.4) is 0 Å². The molecule has 26 heavy (non-hydrogen) atoms. The van der Waals surface area contributed by atoms with Crippen molar-refractivity contribution in [3.8, 4) is 0 Å². The molecule has 8 heteroatoms. The van der Waals surface area contributed by atoms with Crippen LogP contribution in [0.1, 0.15) is 38.3 Å². The first-order valence-electron chi connectivity index (χ1n) is 8.54. The fourth-order valence-corrected chi connectivity index (χ4v) is 2.09. The summed E-state index contributed by atoms with van der Waals surface area (Å²) in [5.41, 5.74) is 1.63. The third kappa shape index (κ3) is 12.3. The van der Waals surface area contributed by atoms with Crippen LogP contribution in [-0.4, -0.2) is 31.8 Å². The summed E-state index contributed by atoms with van der Waals surface area (Å²) < 4.78 is 41.0. The highest BCUT2D eigenvalue weighted by Crippen LogP contribution is 2.16. The van der Waals surface area contributed by atoms with Gasteiger partial charge in [-0.15, -0.1) is 24.0 Å². The molecule has 150 valence electrons. The van der Waals surface area contributed by atoms with Crippen molar-refractivity contribution in [2.24, 2.45) is 10.9 Å². The molecular weight excluding hydrogens is 458 g/mol. The van der Waals surface area contributed by atoms with Crippen LogP contribution in [0.5, 0.6) is 0 Å². The number of nitrogens with one attached hydrogen (secondary N) is 2. The van der Waals surface area contributed by atoms with Crippen molar-refractivity contribution < 1.29 is 17.9 Å². The van der Waals surface area contributed by atoms with E-state index in [1.807, 2.05) is 19.1 Å². The first-order chi connectivity index (χ1) is 11.8. The van der Waals surface area contributed by atoms with Gasteiger partial charge in [-0.1, -0.05) is 38.1 Å². The minimum absolute atomic E-state index is 0. The van der Waals surface area contributed by atoms with Crippen LogP contribution in [0.25, 0.3) is 0 Å². The minimum Gasteiger partial charge on any atom is -0.367 e. The topological polar surface area (TPSA) is 45.7 Å². The zero-order valence-corrected chi connectivity index (χ0v) is 17.9. The maximum absolute atomic E-state index is 12.1. The third-order valence-electron chi connectivity index (χ3n) is 3.30. The second kappa shape index (κ2) is 13.2. The number of hydrogen-bond acceptors (Lipinski definition) is 2. The van der Waals surface area contributed by atoms with Gasteiger partial charge in [0.05, 0.1) is 13.2 Å². The molecule has 0 saturated carbocycles. The van der Waals surface area contributed by atoms with Crippen molar-refractivity contribution in [1.29, 1.82) is 0 Å². The molecule has 0 aliphatic carbocycles. The lowest BCUT2D eigenvalue weighted by Gasteiger charge is -2.12. The Hall–Kier alpha value is -1.03. The van der Waals surface area contributed by atoms with E-state index in [9.17, 15) is 13.2 Å². The third-order valence-corrected chi connectivity index (χ3v) is 3.30. The summed E-state index contributed by atoms with van der Waals surface area (Å²) in [7, 11) is 0. The summed E-state index contributed by atoms with van der Waals surface area (Å²) in [4.78, 5) is 4.51. The van der Waals surface area contributed by atoms with Gasteiger partial charge in [0.1, 0.15) is 6.61 Å². The molecule has 0 amide bonds. The molecule has 1 aromatic carbocycles. The molecule has 0 aromatic heterocycles. The summed E-state index contributed by atoms with van der Waals surface area (Å²) in [6, 6.07) is 7.26. The van der Waals surface area contributed by atoms with E-state index in [1.54, 1.807) is 12.1 Å². The summed E-state index contributed by atoms with van der Waals surface area (Å²) in [6.45, 7) is 7.08. The van der Waals surface area contributed by atoms with E-state index in [-0.39, 0.29) is 30.6 Å². The van der Waals surface area contributed by atoms with Crippen molar-refractivity contribution in [3.05, 3.63) is 35.4 Å². The Morgan fingerprint density at radius 2 is 1.88 bits per heavy atom. The number of benzene rings is 1. The van der Waals surface area contributed by atoms with Crippen LogP contribution in [0, 0.1) is 5.92 Å². The van der Waals surface area contributed by atoms with Crippen molar-refractivity contribution in [3.63, 3.8) is 0 Å². The smallest absolute Gasteiger partial charge is 0.367 e. The summed E-state index contributed by atoms with van der Waals surface area (Å²) in [5.74, 6) is 1.35. The molecule has 0 bridgehead atoms. The predicted molar refractivity (Wildman–Crippen MR) is 110 cm³/mol. The van der Waals surface area contributed by atoms with Gasteiger partial charge in [0.2, 0.25) is 0 Å². The van der Waals surface area contributed by atoms with Crippen molar-refractivity contribution in [1.82, 2.24) is 10.6 Å². The van der Waals surface area contributed by atoms with Gasteiger partial charge in [-0.25, -0.2) is 4.99 Å².